The van der Waals surface area contributed by atoms with Gasteiger partial charge in [0.15, 0.2) is 0 Å². The van der Waals surface area contributed by atoms with Crippen molar-refractivity contribution in [3.05, 3.63) is 21.4 Å². The predicted molar refractivity (Wildman–Crippen MR) is 52.9 cm³/mol. The quantitative estimate of drug-likeness (QED) is 0.764. The smallest absolute Gasteiger partial charge is 0.213 e. The zero-order chi connectivity index (χ0) is 8.27. The number of halogens is 1. The average Bonchev–Trinajstić information content (AvgIpc) is 1.98. The van der Waals surface area contributed by atoms with Gasteiger partial charge in [-0.3, -0.25) is 0 Å². The van der Waals surface area contributed by atoms with Gasteiger partial charge in [-0.2, -0.15) is 0 Å². The first-order valence-corrected chi connectivity index (χ1v) is 4.57. The maximum absolute atomic E-state index is 5.23. The summed E-state index contributed by atoms with van der Waals surface area (Å²) in [4.78, 5) is 4.10. The van der Waals surface area contributed by atoms with Crippen LogP contribution in [0.3, 0.4) is 0 Å². The normalized spacial score (nSPS) is 9.73. The highest BCUT2D eigenvalue weighted by Crippen LogP contribution is 2.14. The fourth-order valence-corrected chi connectivity index (χ4v) is 1.04. The van der Waals surface area contributed by atoms with Gasteiger partial charge in [-0.25, -0.2) is 4.98 Å². The first-order valence-electron chi connectivity index (χ1n) is 3.49. The van der Waals surface area contributed by atoms with Crippen LogP contribution in [-0.4, -0.2) is 11.6 Å². The molecular weight excluding hydrogens is 253 g/mol. The lowest BCUT2D eigenvalue weighted by Crippen LogP contribution is -1.95. The van der Waals surface area contributed by atoms with E-state index < -0.39 is 0 Å². The summed E-state index contributed by atoms with van der Waals surface area (Å²) in [6.07, 6.45) is 1.82. The number of hydrogen-bond donors (Lipinski definition) is 0. The van der Waals surface area contributed by atoms with Crippen LogP contribution in [0.4, 0.5) is 0 Å². The summed E-state index contributed by atoms with van der Waals surface area (Å²) in [6.45, 7) is 4.67. The zero-order valence-corrected chi connectivity index (χ0v) is 8.75. The molecule has 0 aromatic carbocycles. The lowest BCUT2D eigenvalue weighted by Gasteiger charge is -2.02. The van der Waals surface area contributed by atoms with Crippen molar-refractivity contribution < 1.29 is 4.74 Å². The van der Waals surface area contributed by atoms with Gasteiger partial charge in [0, 0.05) is 15.8 Å². The minimum absolute atomic E-state index is 0.674. The highest BCUT2D eigenvalue weighted by Gasteiger charge is 1.97. The van der Waals surface area contributed by atoms with Crippen molar-refractivity contribution in [2.24, 2.45) is 0 Å². The summed E-state index contributed by atoms with van der Waals surface area (Å²) in [5, 5.41) is 0. The first-order chi connectivity index (χ1) is 5.24. The van der Waals surface area contributed by atoms with E-state index in [9.17, 15) is 0 Å². The first kappa shape index (κ1) is 8.77. The Kier molecular flexibility index (Phi) is 3.11. The molecule has 1 aromatic rings. The van der Waals surface area contributed by atoms with Crippen LogP contribution in [0.2, 0.25) is 0 Å². The molecule has 60 valence electrons. The highest BCUT2D eigenvalue weighted by molar-refractivity contribution is 14.1. The summed E-state index contributed by atoms with van der Waals surface area (Å²) in [5.41, 5.74) is 1.21. The summed E-state index contributed by atoms with van der Waals surface area (Å²) >= 11 is 2.25. The molecule has 0 saturated carbocycles. The summed E-state index contributed by atoms with van der Waals surface area (Å²) in [6, 6.07) is 1.95. The van der Waals surface area contributed by atoms with Crippen LogP contribution in [0, 0.1) is 10.5 Å². The topological polar surface area (TPSA) is 22.1 Å². The Morgan fingerprint density at radius 1 is 1.64 bits per heavy atom. The maximum Gasteiger partial charge on any atom is 0.213 e. The number of pyridine rings is 1. The molecule has 0 bridgehead atoms. The van der Waals surface area contributed by atoms with E-state index in [0.717, 1.165) is 0 Å². The summed E-state index contributed by atoms with van der Waals surface area (Å²) in [5.74, 6) is 0.713. The minimum Gasteiger partial charge on any atom is -0.478 e. The second-order valence-electron chi connectivity index (χ2n) is 2.20. The number of hydrogen-bond acceptors (Lipinski definition) is 2. The fraction of sp³-hybridized carbons (Fsp3) is 0.375. The van der Waals surface area contributed by atoms with E-state index in [1.165, 1.54) is 9.13 Å². The van der Waals surface area contributed by atoms with Crippen LogP contribution in [-0.2, 0) is 0 Å². The van der Waals surface area contributed by atoms with E-state index >= 15 is 0 Å². The molecule has 0 fully saturated rings. The van der Waals surface area contributed by atoms with Gasteiger partial charge in [0.2, 0.25) is 5.88 Å². The third-order valence-electron chi connectivity index (χ3n) is 1.31. The Morgan fingerprint density at radius 2 is 2.36 bits per heavy atom. The molecule has 0 radical (unpaired) electrons. The Bertz CT molecular complexity index is 250. The van der Waals surface area contributed by atoms with Gasteiger partial charge >= 0.3 is 0 Å². The number of aryl methyl sites for hydroxylation is 1. The third-order valence-corrected chi connectivity index (χ3v) is 2.44. The van der Waals surface area contributed by atoms with Gasteiger partial charge < -0.3 is 4.74 Å². The molecule has 0 unspecified atom stereocenters. The van der Waals surface area contributed by atoms with Crippen LogP contribution in [0.15, 0.2) is 12.3 Å². The monoisotopic (exact) mass is 263 g/mol. The Hall–Kier alpha value is -0.320. The van der Waals surface area contributed by atoms with Crippen molar-refractivity contribution in [1.29, 1.82) is 0 Å². The molecular formula is C8H10INO. The van der Waals surface area contributed by atoms with Crippen molar-refractivity contribution >= 4 is 22.6 Å². The third kappa shape index (κ3) is 2.32. The van der Waals surface area contributed by atoms with E-state index in [2.05, 4.69) is 27.6 Å². The lowest BCUT2D eigenvalue weighted by molar-refractivity contribution is 0.326. The molecule has 0 aliphatic carbocycles. The van der Waals surface area contributed by atoms with Crippen molar-refractivity contribution in [2.45, 2.75) is 13.8 Å². The molecule has 0 amide bonds. The van der Waals surface area contributed by atoms with Crippen LogP contribution in [0.1, 0.15) is 12.5 Å². The molecule has 0 aliphatic rings. The second kappa shape index (κ2) is 3.90. The zero-order valence-electron chi connectivity index (χ0n) is 6.60. The van der Waals surface area contributed by atoms with E-state index in [-0.39, 0.29) is 0 Å². The van der Waals surface area contributed by atoms with Crippen LogP contribution in [0.5, 0.6) is 5.88 Å². The predicted octanol–water partition coefficient (Wildman–Crippen LogP) is 2.39. The maximum atomic E-state index is 5.23. The standard InChI is InChI=1S/C8H10INO/c1-3-11-8-4-6(2)7(9)5-10-8/h4-5H,3H2,1-2H3. The number of ether oxygens (including phenoxy) is 1. The number of aromatic nitrogens is 1. The van der Waals surface area contributed by atoms with E-state index in [4.69, 9.17) is 4.74 Å². The molecule has 0 saturated heterocycles. The van der Waals surface area contributed by atoms with Crippen LogP contribution in [0.25, 0.3) is 0 Å². The lowest BCUT2D eigenvalue weighted by atomic mass is 10.3. The Balaban J connectivity index is 2.86. The molecule has 0 N–H and O–H groups in total. The van der Waals surface area contributed by atoms with Crippen molar-refractivity contribution in [1.82, 2.24) is 4.98 Å². The van der Waals surface area contributed by atoms with E-state index in [1.807, 2.05) is 26.1 Å². The molecule has 1 rings (SSSR count). The van der Waals surface area contributed by atoms with Crippen molar-refractivity contribution in [3.8, 4) is 5.88 Å². The average molecular weight is 263 g/mol. The molecule has 0 spiro atoms. The summed E-state index contributed by atoms with van der Waals surface area (Å²) < 4.78 is 6.40. The molecule has 0 atom stereocenters. The van der Waals surface area contributed by atoms with Gasteiger partial charge in [-0.05, 0) is 42.0 Å². The van der Waals surface area contributed by atoms with E-state index in [1.54, 1.807) is 0 Å². The molecule has 2 nitrogen and oxygen atoms in total. The van der Waals surface area contributed by atoms with Gasteiger partial charge in [-0.15, -0.1) is 0 Å². The largest absolute Gasteiger partial charge is 0.478 e. The molecule has 3 heteroatoms. The highest BCUT2D eigenvalue weighted by atomic mass is 127. The van der Waals surface area contributed by atoms with Gasteiger partial charge in [0.05, 0.1) is 6.61 Å². The Morgan fingerprint density at radius 3 is 2.91 bits per heavy atom. The number of rotatable bonds is 2. The fourth-order valence-electron chi connectivity index (χ4n) is 0.740. The SMILES string of the molecule is CCOc1cc(C)c(I)cn1. The van der Waals surface area contributed by atoms with Crippen LogP contribution >= 0.6 is 22.6 Å². The van der Waals surface area contributed by atoms with Crippen molar-refractivity contribution in [2.75, 3.05) is 6.61 Å². The van der Waals surface area contributed by atoms with Crippen molar-refractivity contribution in [3.63, 3.8) is 0 Å². The molecule has 0 aliphatic heterocycles. The van der Waals surface area contributed by atoms with Crippen LogP contribution < -0.4 is 4.74 Å². The Labute approximate surface area is 80.1 Å². The molecule has 1 aromatic heterocycles. The number of nitrogens with zero attached hydrogens (tertiary/aromatic N) is 1. The van der Waals surface area contributed by atoms with Gasteiger partial charge in [0.25, 0.3) is 0 Å². The second-order valence-corrected chi connectivity index (χ2v) is 3.37. The molecule has 1 heterocycles. The van der Waals surface area contributed by atoms with Gasteiger partial charge in [0.1, 0.15) is 0 Å². The van der Waals surface area contributed by atoms with Gasteiger partial charge in [-0.1, -0.05) is 0 Å². The minimum atomic E-state index is 0.674. The molecule has 11 heavy (non-hydrogen) atoms. The summed E-state index contributed by atoms with van der Waals surface area (Å²) in [7, 11) is 0. The van der Waals surface area contributed by atoms with E-state index in [0.29, 0.717) is 12.5 Å².